The van der Waals surface area contributed by atoms with Crippen LogP contribution in [-0.2, 0) is 0 Å². The molecule has 0 aliphatic carbocycles. The highest BCUT2D eigenvalue weighted by atomic mass is 127. The third-order valence-corrected chi connectivity index (χ3v) is 6.29. The molecule has 0 amide bonds. The highest BCUT2D eigenvalue weighted by Crippen LogP contribution is 2.38. The molecule has 19 heavy (non-hydrogen) atoms. The summed E-state index contributed by atoms with van der Waals surface area (Å²) in [5.74, 6) is 0. The van der Waals surface area contributed by atoms with Crippen molar-refractivity contribution in [2.24, 2.45) is 0 Å². The van der Waals surface area contributed by atoms with E-state index in [0.29, 0.717) is 0 Å². The lowest BCUT2D eigenvalue weighted by Crippen LogP contribution is -2.23. The molecule has 5 heteroatoms. The van der Waals surface area contributed by atoms with Gasteiger partial charge in [-0.1, -0.05) is 36.7 Å². The van der Waals surface area contributed by atoms with Crippen LogP contribution in [-0.4, -0.2) is 6.54 Å². The first kappa shape index (κ1) is 15.8. The van der Waals surface area contributed by atoms with E-state index in [4.69, 9.17) is 11.6 Å². The Bertz CT molecular complexity index is 539. The van der Waals surface area contributed by atoms with E-state index in [9.17, 15) is 0 Å². The topological polar surface area (TPSA) is 12.0 Å². The Balaban J connectivity index is 2.38. The number of hydrogen-bond acceptors (Lipinski definition) is 2. The number of hydrogen-bond donors (Lipinski definition) is 1. The molecule has 1 N–H and O–H groups in total. The summed E-state index contributed by atoms with van der Waals surface area (Å²) in [4.78, 5) is 1.24. The summed E-state index contributed by atoms with van der Waals surface area (Å²) in [6.45, 7) is 3.17. The van der Waals surface area contributed by atoms with Crippen molar-refractivity contribution in [1.29, 1.82) is 0 Å². The van der Waals surface area contributed by atoms with Gasteiger partial charge in [-0.15, -0.1) is 11.3 Å². The fourth-order valence-electron chi connectivity index (χ4n) is 1.87. The second-order valence-corrected chi connectivity index (χ2v) is 7.88. The monoisotopic (exact) mass is 469 g/mol. The molecule has 1 unspecified atom stereocenters. The van der Waals surface area contributed by atoms with Gasteiger partial charge in [-0.3, -0.25) is 0 Å². The fourth-order valence-corrected chi connectivity index (χ4v) is 4.40. The Labute approximate surface area is 145 Å². The zero-order valence-corrected chi connectivity index (χ0v) is 15.7. The van der Waals surface area contributed by atoms with Crippen LogP contribution >= 0.6 is 61.5 Å². The SMILES string of the molecule is CCCNC(c1cc(Br)c(Cl)s1)c1ccccc1I. The molecular weight excluding hydrogens is 456 g/mol. The highest BCUT2D eigenvalue weighted by Gasteiger charge is 2.19. The van der Waals surface area contributed by atoms with E-state index in [1.165, 1.54) is 14.0 Å². The molecule has 1 aromatic heterocycles. The van der Waals surface area contributed by atoms with Gasteiger partial charge in [-0.05, 0) is 69.2 Å². The Hall–Kier alpha value is 0.380. The number of rotatable bonds is 5. The average Bonchev–Trinajstić information content (AvgIpc) is 2.72. The molecule has 1 atom stereocenters. The standard InChI is InChI=1S/C14H14BrClINS/c1-2-7-18-13(9-5-3-4-6-11(9)17)12-8-10(15)14(16)19-12/h3-6,8,13,18H,2,7H2,1H3. The van der Waals surface area contributed by atoms with Crippen LogP contribution in [0.4, 0.5) is 0 Å². The third-order valence-electron chi connectivity index (χ3n) is 2.76. The molecule has 0 saturated heterocycles. The summed E-state index contributed by atoms with van der Waals surface area (Å²) in [5.41, 5.74) is 1.31. The molecule has 102 valence electrons. The first-order valence-electron chi connectivity index (χ1n) is 6.06. The van der Waals surface area contributed by atoms with Gasteiger partial charge in [-0.2, -0.15) is 0 Å². The van der Waals surface area contributed by atoms with Crippen molar-refractivity contribution in [2.75, 3.05) is 6.54 Å². The van der Waals surface area contributed by atoms with Crippen LogP contribution in [0.3, 0.4) is 0 Å². The minimum Gasteiger partial charge on any atom is -0.306 e. The third kappa shape index (κ3) is 3.94. The van der Waals surface area contributed by atoms with Crippen LogP contribution in [0.15, 0.2) is 34.8 Å². The summed E-state index contributed by atoms with van der Waals surface area (Å²) in [7, 11) is 0. The Kier molecular flexibility index (Phi) is 6.14. The molecule has 1 nitrogen and oxygen atoms in total. The van der Waals surface area contributed by atoms with Crippen molar-refractivity contribution < 1.29 is 0 Å². The summed E-state index contributed by atoms with van der Waals surface area (Å²) in [5, 5.41) is 3.61. The molecule has 0 saturated carbocycles. The quantitative estimate of drug-likeness (QED) is 0.540. The maximum atomic E-state index is 6.18. The highest BCUT2D eigenvalue weighted by molar-refractivity contribution is 14.1. The van der Waals surface area contributed by atoms with Crippen molar-refractivity contribution in [2.45, 2.75) is 19.4 Å². The number of benzene rings is 1. The Morgan fingerprint density at radius 2 is 2.16 bits per heavy atom. The summed E-state index contributed by atoms with van der Waals surface area (Å²) >= 11 is 13.7. The van der Waals surface area contributed by atoms with Crippen molar-refractivity contribution in [3.63, 3.8) is 0 Å². The van der Waals surface area contributed by atoms with Crippen LogP contribution in [0, 0.1) is 3.57 Å². The van der Waals surface area contributed by atoms with E-state index >= 15 is 0 Å². The van der Waals surface area contributed by atoms with E-state index in [2.05, 4.69) is 81.1 Å². The molecule has 0 aliphatic rings. The Morgan fingerprint density at radius 3 is 2.74 bits per heavy atom. The van der Waals surface area contributed by atoms with Gasteiger partial charge in [0.1, 0.15) is 4.34 Å². The molecule has 2 rings (SSSR count). The number of nitrogens with one attached hydrogen (secondary N) is 1. The maximum Gasteiger partial charge on any atom is 0.107 e. The van der Waals surface area contributed by atoms with Crippen molar-refractivity contribution in [3.8, 4) is 0 Å². The fraction of sp³-hybridized carbons (Fsp3) is 0.286. The van der Waals surface area contributed by atoms with Gasteiger partial charge in [0.2, 0.25) is 0 Å². The van der Waals surface area contributed by atoms with E-state index in [0.717, 1.165) is 21.8 Å². The van der Waals surface area contributed by atoms with E-state index in [1.807, 2.05) is 0 Å². The molecule has 0 fully saturated rings. The maximum absolute atomic E-state index is 6.18. The molecule has 0 aliphatic heterocycles. The van der Waals surface area contributed by atoms with Crippen molar-refractivity contribution >= 4 is 61.5 Å². The van der Waals surface area contributed by atoms with Gasteiger partial charge < -0.3 is 5.32 Å². The van der Waals surface area contributed by atoms with Gasteiger partial charge in [0.05, 0.1) is 6.04 Å². The largest absolute Gasteiger partial charge is 0.306 e. The van der Waals surface area contributed by atoms with Gasteiger partial charge in [0.25, 0.3) is 0 Å². The zero-order valence-electron chi connectivity index (χ0n) is 10.4. The zero-order chi connectivity index (χ0) is 13.8. The van der Waals surface area contributed by atoms with Gasteiger partial charge in [0, 0.05) is 12.9 Å². The molecule has 0 radical (unpaired) electrons. The molecule has 0 spiro atoms. The van der Waals surface area contributed by atoms with Gasteiger partial charge >= 0.3 is 0 Å². The number of thiophene rings is 1. The van der Waals surface area contributed by atoms with Crippen molar-refractivity contribution in [1.82, 2.24) is 5.32 Å². The normalized spacial score (nSPS) is 12.6. The lowest BCUT2D eigenvalue weighted by molar-refractivity contribution is 0.604. The Morgan fingerprint density at radius 1 is 1.42 bits per heavy atom. The second-order valence-electron chi connectivity index (χ2n) is 4.18. The summed E-state index contributed by atoms with van der Waals surface area (Å²) in [6, 6.07) is 10.8. The minimum absolute atomic E-state index is 0.210. The van der Waals surface area contributed by atoms with E-state index in [1.54, 1.807) is 11.3 Å². The lowest BCUT2D eigenvalue weighted by atomic mass is 10.1. The molecule has 1 aromatic carbocycles. The smallest absolute Gasteiger partial charge is 0.107 e. The second kappa shape index (κ2) is 7.41. The molecule has 2 aromatic rings. The predicted octanol–water partition coefficient (Wildman–Crippen LogP) is 5.86. The first-order chi connectivity index (χ1) is 9.13. The van der Waals surface area contributed by atoms with Crippen LogP contribution in [0.2, 0.25) is 4.34 Å². The van der Waals surface area contributed by atoms with Gasteiger partial charge in [-0.25, -0.2) is 0 Å². The average molecular weight is 471 g/mol. The van der Waals surface area contributed by atoms with Crippen LogP contribution in [0.5, 0.6) is 0 Å². The van der Waals surface area contributed by atoms with Gasteiger partial charge in [0.15, 0.2) is 0 Å². The van der Waals surface area contributed by atoms with E-state index in [-0.39, 0.29) is 6.04 Å². The van der Waals surface area contributed by atoms with Crippen LogP contribution in [0.1, 0.15) is 29.8 Å². The summed E-state index contributed by atoms with van der Waals surface area (Å²) in [6.07, 6.45) is 1.11. The van der Waals surface area contributed by atoms with Crippen molar-refractivity contribution in [3.05, 3.63) is 53.2 Å². The predicted molar refractivity (Wildman–Crippen MR) is 96.3 cm³/mol. The summed E-state index contributed by atoms with van der Waals surface area (Å²) < 4.78 is 3.06. The molecule has 1 heterocycles. The van der Waals surface area contributed by atoms with Crippen LogP contribution < -0.4 is 5.32 Å². The lowest BCUT2D eigenvalue weighted by Gasteiger charge is -2.19. The molecular formula is C14H14BrClINS. The molecule has 0 bridgehead atoms. The van der Waals surface area contributed by atoms with E-state index < -0.39 is 0 Å². The van der Waals surface area contributed by atoms with Crippen LogP contribution in [0.25, 0.3) is 0 Å². The number of halogens is 3. The minimum atomic E-state index is 0.210. The first-order valence-corrected chi connectivity index (χ1v) is 9.12.